The van der Waals surface area contributed by atoms with Gasteiger partial charge in [-0.05, 0) is 68.0 Å². The fourth-order valence-corrected chi connectivity index (χ4v) is 4.78. The lowest BCUT2D eigenvalue weighted by Crippen LogP contribution is -2.47. The predicted molar refractivity (Wildman–Crippen MR) is 108 cm³/mol. The maximum Gasteiger partial charge on any atom is 0.191 e. The highest BCUT2D eigenvalue weighted by atomic mass is 32.1. The van der Waals surface area contributed by atoms with Gasteiger partial charge in [-0.2, -0.15) is 0 Å². The molecule has 1 aromatic heterocycles. The van der Waals surface area contributed by atoms with Gasteiger partial charge in [-0.15, -0.1) is 11.3 Å². The molecule has 0 amide bonds. The number of hydrogen-bond acceptors (Lipinski definition) is 3. The third-order valence-corrected chi connectivity index (χ3v) is 7.10. The van der Waals surface area contributed by atoms with E-state index in [4.69, 9.17) is 0 Å². The second-order valence-electron chi connectivity index (χ2n) is 7.81. The Bertz CT molecular complexity index is 522. The Morgan fingerprint density at radius 1 is 1.32 bits per heavy atom. The van der Waals surface area contributed by atoms with Crippen molar-refractivity contribution in [1.29, 1.82) is 0 Å². The molecule has 0 bridgehead atoms. The van der Waals surface area contributed by atoms with Crippen LogP contribution in [-0.2, 0) is 6.54 Å². The van der Waals surface area contributed by atoms with E-state index >= 15 is 0 Å². The highest BCUT2D eigenvalue weighted by Gasteiger charge is 2.34. The highest BCUT2D eigenvalue weighted by Crippen LogP contribution is 2.42. The van der Waals surface area contributed by atoms with E-state index in [2.05, 4.69) is 45.0 Å². The highest BCUT2D eigenvalue weighted by molar-refractivity contribution is 7.09. The van der Waals surface area contributed by atoms with Gasteiger partial charge in [-0.1, -0.05) is 19.4 Å². The predicted octanol–water partition coefficient (Wildman–Crippen LogP) is 3.71. The van der Waals surface area contributed by atoms with Crippen LogP contribution in [0.25, 0.3) is 0 Å². The number of aliphatic imine (C=N–C) groups is 1. The summed E-state index contributed by atoms with van der Waals surface area (Å²) in [7, 11) is 1.89. The molecule has 1 saturated carbocycles. The molecule has 0 aromatic carbocycles. The third kappa shape index (κ3) is 5.20. The van der Waals surface area contributed by atoms with E-state index < -0.39 is 0 Å². The molecular weight excluding hydrogens is 328 g/mol. The van der Waals surface area contributed by atoms with Gasteiger partial charge in [0.1, 0.15) is 0 Å². The topological polar surface area (TPSA) is 39.7 Å². The summed E-state index contributed by atoms with van der Waals surface area (Å²) in [6, 6.07) is 4.40. The smallest absolute Gasteiger partial charge is 0.191 e. The van der Waals surface area contributed by atoms with E-state index in [1.54, 1.807) is 0 Å². The van der Waals surface area contributed by atoms with Crippen molar-refractivity contribution in [3.05, 3.63) is 22.4 Å². The molecule has 1 aromatic rings. The van der Waals surface area contributed by atoms with Crippen molar-refractivity contribution in [1.82, 2.24) is 15.5 Å². The number of nitrogens with zero attached hydrogens (tertiary/aromatic N) is 2. The minimum Gasteiger partial charge on any atom is -0.356 e. The molecule has 4 nitrogen and oxygen atoms in total. The van der Waals surface area contributed by atoms with Crippen molar-refractivity contribution in [2.45, 2.75) is 52.0 Å². The Kier molecular flexibility index (Phi) is 6.77. The Morgan fingerprint density at radius 3 is 2.68 bits per heavy atom. The Labute approximate surface area is 157 Å². The van der Waals surface area contributed by atoms with Crippen LogP contribution in [0.2, 0.25) is 0 Å². The van der Waals surface area contributed by atoms with Gasteiger partial charge in [0.25, 0.3) is 0 Å². The Morgan fingerprint density at radius 2 is 2.12 bits per heavy atom. The second-order valence-corrected chi connectivity index (χ2v) is 8.84. The summed E-state index contributed by atoms with van der Waals surface area (Å²) in [5, 5.41) is 9.32. The van der Waals surface area contributed by atoms with Crippen LogP contribution in [0.3, 0.4) is 0 Å². The fraction of sp³-hybridized carbons (Fsp3) is 0.750. The molecule has 25 heavy (non-hydrogen) atoms. The molecule has 1 aliphatic carbocycles. The fourth-order valence-electron chi connectivity index (χ4n) is 4.04. The summed E-state index contributed by atoms with van der Waals surface area (Å²) in [6.45, 7) is 8.00. The van der Waals surface area contributed by atoms with Crippen LogP contribution in [0.5, 0.6) is 0 Å². The van der Waals surface area contributed by atoms with Crippen molar-refractivity contribution in [3.63, 3.8) is 0 Å². The molecule has 2 fully saturated rings. The molecule has 1 saturated heterocycles. The molecule has 2 N–H and O–H groups in total. The van der Waals surface area contributed by atoms with Gasteiger partial charge < -0.3 is 10.6 Å². The van der Waals surface area contributed by atoms with E-state index in [-0.39, 0.29) is 0 Å². The van der Waals surface area contributed by atoms with Crippen LogP contribution < -0.4 is 10.6 Å². The van der Waals surface area contributed by atoms with E-state index in [1.807, 2.05) is 18.4 Å². The average Bonchev–Trinajstić information content (AvgIpc) is 3.11. The van der Waals surface area contributed by atoms with Crippen LogP contribution in [0.1, 0.15) is 50.3 Å². The van der Waals surface area contributed by atoms with Crippen molar-refractivity contribution >= 4 is 17.3 Å². The summed E-state index contributed by atoms with van der Waals surface area (Å²) in [5.41, 5.74) is 0.532. The standard InChI is InChI=1S/C20H34N4S/c1-3-20(9-5-10-20)16-23-19(21-2)22-14-17-7-11-24(12-8-17)15-18-6-4-13-25-18/h4,6,13,17H,3,5,7-12,14-16H2,1-2H3,(H2,21,22,23). The first-order valence-corrected chi connectivity index (χ1v) is 10.8. The number of thiophene rings is 1. The Balaban J connectivity index is 1.34. The first kappa shape index (κ1) is 18.7. The minimum absolute atomic E-state index is 0.532. The molecule has 140 valence electrons. The first-order chi connectivity index (χ1) is 12.2. The SMILES string of the molecule is CCC1(CNC(=NC)NCC2CCN(Cc3cccs3)CC2)CCC1. The van der Waals surface area contributed by atoms with Gasteiger partial charge in [-0.25, -0.2) is 0 Å². The van der Waals surface area contributed by atoms with Crippen LogP contribution in [-0.4, -0.2) is 44.1 Å². The van der Waals surface area contributed by atoms with Gasteiger partial charge in [0.2, 0.25) is 0 Å². The number of likely N-dealkylation sites (tertiary alicyclic amines) is 1. The molecule has 2 heterocycles. The van der Waals surface area contributed by atoms with Gasteiger partial charge in [0, 0.05) is 31.6 Å². The number of guanidine groups is 1. The normalized spacial score (nSPS) is 21.8. The first-order valence-electron chi connectivity index (χ1n) is 9.92. The lowest BCUT2D eigenvalue weighted by atomic mass is 9.67. The number of hydrogen-bond donors (Lipinski definition) is 2. The summed E-state index contributed by atoms with van der Waals surface area (Å²) >= 11 is 1.87. The van der Waals surface area contributed by atoms with Gasteiger partial charge in [-0.3, -0.25) is 9.89 Å². The molecule has 0 spiro atoms. The monoisotopic (exact) mass is 362 g/mol. The van der Waals surface area contributed by atoms with E-state index in [1.165, 1.54) is 56.5 Å². The molecule has 1 aliphatic heterocycles. The van der Waals surface area contributed by atoms with Crippen LogP contribution in [0.15, 0.2) is 22.5 Å². The third-order valence-electron chi connectivity index (χ3n) is 6.24. The molecule has 2 aliphatic rings. The van der Waals surface area contributed by atoms with Crippen molar-refractivity contribution in [2.75, 3.05) is 33.2 Å². The summed E-state index contributed by atoms with van der Waals surface area (Å²) in [4.78, 5) is 8.50. The van der Waals surface area contributed by atoms with Crippen LogP contribution in [0, 0.1) is 11.3 Å². The van der Waals surface area contributed by atoms with Crippen LogP contribution in [0.4, 0.5) is 0 Å². The van der Waals surface area contributed by atoms with E-state index in [0.717, 1.165) is 31.5 Å². The van der Waals surface area contributed by atoms with Crippen LogP contribution >= 0.6 is 11.3 Å². The lowest BCUT2D eigenvalue weighted by molar-refractivity contribution is 0.131. The average molecular weight is 363 g/mol. The zero-order chi connectivity index (χ0) is 17.5. The molecule has 5 heteroatoms. The zero-order valence-electron chi connectivity index (χ0n) is 15.9. The minimum atomic E-state index is 0.532. The molecule has 3 rings (SSSR count). The largest absolute Gasteiger partial charge is 0.356 e. The van der Waals surface area contributed by atoms with Crippen molar-refractivity contribution < 1.29 is 0 Å². The van der Waals surface area contributed by atoms with Crippen molar-refractivity contribution in [2.24, 2.45) is 16.3 Å². The molecular formula is C20H34N4S. The quantitative estimate of drug-likeness (QED) is 0.574. The molecule has 0 unspecified atom stereocenters. The summed E-state index contributed by atoms with van der Waals surface area (Å²) < 4.78 is 0. The van der Waals surface area contributed by atoms with E-state index in [0.29, 0.717) is 5.41 Å². The summed E-state index contributed by atoms with van der Waals surface area (Å²) in [5.74, 6) is 1.75. The number of nitrogens with one attached hydrogen (secondary N) is 2. The zero-order valence-corrected chi connectivity index (χ0v) is 16.7. The second kappa shape index (κ2) is 9.04. The molecule has 0 atom stereocenters. The van der Waals surface area contributed by atoms with Gasteiger partial charge in [0.05, 0.1) is 0 Å². The summed E-state index contributed by atoms with van der Waals surface area (Å²) in [6.07, 6.45) is 7.99. The van der Waals surface area contributed by atoms with E-state index in [9.17, 15) is 0 Å². The maximum atomic E-state index is 4.42. The number of piperidine rings is 1. The maximum absolute atomic E-state index is 4.42. The van der Waals surface area contributed by atoms with Gasteiger partial charge >= 0.3 is 0 Å². The van der Waals surface area contributed by atoms with Gasteiger partial charge in [0.15, 0.2) is 5.96 Å². The lowest BCUT2D eigenvalue weighted by Gasteiger charge is -2.41. The number of rotatable bonds is 7. The molecule has 0 radical (unpaired) electrons. The Hall–Kier alpha value is -1.07. The van der Waals surface area contributed by atoms with Crippen molar-refractivity contribution in [3.8, 4) is 0 Å².